The van der Waals surface area contributed by atoms with E-state index in [-0.39, 0.29) is 5.41 Å². The summed E-state index contributed by atoms with van der Waals surface area (Å²) in [5, 5.41) is 9.04. The Hall–Kier alpha value is -0.530. The Balaban J connectivity index is 1.76. The first-order chi connectivity index (χ1) is 7.20. The number of hydrogen-bond donors (Lipinski definition) is 1. The van der Waals surface area contributed by atoms with Crippen molar-refractivity contribution in [3.63, 3.8) is 0 Å². The molecule has 0 heterocycles. The molecule has 0 aliphatic heterocycles. The van der Waals surface area contributed by atoms with Crippen molar-refractivity contribution < 1.29 is 9.90 Å². The van der Waals surface area contributed by atoms with E-state index in [2.05, 4.69) is 0 Å². The van der Waals surface area contributed by atoms with Crippen molar-refractivity contribution in [2.75, 3.05) is 0 Å². The predicted octanol–water partition coefficient (Wildman–Crippen LogP) is 3.07. The highest BCUT2D eigenvalue weighted by molar-refractivity contribution is 5.68. The van der Waals surface area contributed by atoms with Crippen molar-refractivity contribution in [3.05, 3.63) is 0 Å². The average molecular weight is 208 g/mol. The first kappa shape index (κ1) is 9.68. The molecule has 0 saturated heterocycles. The molecular weight excluding hydrogens is 188 g/mol. The summed E-state index contributed by atoms with van der Waals surface area (Å²) in [5.41, 5.74) is 0.228. The number of rotatable bonds is 3. The number of hydrogen-bond acceptors (Lipinski definition) is 1. The lowest BCUT2D eigenvalue weighted by Crippen LogP contribution is -2.41. The van der Waals surface area contributed by atoms with Crippen molar-refractivity contribution in [2.45, 2.75) is 51.4 Å². The quantitative estimate of drug-likeness (QED) is 0.774. The van der Waals surface area contributed by atoms with Gasteiger partial charge in [0.2, 0.25) is 0 Å². The average Bonchev–Trinajstić information content (AvgIpc) is 2.71. The molecule has 84 valence electrons. The van der Waals surface area contributed by atoms with Crippen LogP contribution in [-0.2, 0) is 4.79 Å². The van der Waals surface area contributed by atoms with Gasteiger partial charge in [0.1, 0.15) is 0 Å². The molecule has 0 radical (unpaired) electrons. The van der Waals surface area contributed by atoms with Crippen LogP contribution in [0, 0.1) is 23.2 Å². The van der Waals surface area contributed by atoms with E-state index in [9.17, 15) is 4.79 Å². The number of carbonyl (C=O) groups is 1. The second-order valence-corrected chi connectivity index (χ2v) is 6.07. The topological polar surface area (TPSA) is 37.3 Å². The minimum atomic E-state index is -0.572. The van der Waals surface area contributed by atoms with Crippen molar-refractivity contribution in [1.82, 2.24) is 0 Å². The maximum atomic E-state index is 11.0. The zero-order valence-electron chi connectivity index (χ0n) is 9.24. The molecule has 0 aromatic carbocycles. The van der Waals surface area contributed by atoms with Gasteiger partial charge in [0.25, 0.3) is 0 Å². The van der Waals surface area contributed by atoms with Crippen molar-refractivity contribution in [3.8, 4) is 0 Å². The Morgan fingerprint density at radius 2 is 2.07 bits per heavy atom. The van der Waals surface area contributed by atoms with Gasteiger partial charge >= 0.3 is 5.97 Å². The number of carboxylic acids is 1. The molecule has 3 rings (SSSR count). The van der Waals surface area contributed by atoms with E-state index in [0.717, 1.165) is 17.8 Å². The maximum absolute atomic E-state index is 11.0. The number of aliphatic carboxylic acids is 1. The van der Waals surface area contributed by atoms with Gasteiger partial charge in [-0.15, -0.1) is 0 Å². The molecule has 0 aromatic rings. The predicted molar refractivity (Wildman–Crippen MR) is 57.5 cm³/mol. The zero-order valence-corrected chi connectivity index (χ0v) is 9.24. The Labute approximate surface area is 91.1 Å². The summed E-state index contributed by atoms with van der Waals surface area (Å²) in [6.07, 6.45) is 9.65. The van der Waals surface area contributed by atoms with Crippen LogP contribution in [0.15, 0.2) is 0 Å². The van der Waals surface area contributed by atoms with Crippen LogP contribution in [0.25, 0.3) is 0 Å². The van der Waals surface area contributed by atoms with Crippen molar-refractivity contribution in [2.24, 2.45) is 23.2 Å². The van der Waals surface area contributed by atoms with E-state index >= 15 is 0 Å². The second kappa shape index (κ2) is 3.23. The largest absolute Gasteiger partial charge is 0.481 e. The van der Waals surface area contributed by atoms with Crippen LogP contribution in [0.5, 0.6) is 0 Å². The summed E-state index contributed by atoms with van der Waals surface area (Å²) < 4.78 is 0. The molecular formula is C13H20O2. The molecule has 3 unspecified atom stereocenters. The van der Waals surface area contributed by atoms with Crippen molar-refractivity contribution >= 4 is 5.97 Å². The van der Waals surface area contributed by atoms with Gasteiger partial charge in [0, 0.05) is 0 Å². The molecule has 2 nitrogen and oxygen atoms in total. The molecule has 15 heavy (non-hydrogen) atoms. The monoisotopic (exact) mass is 208 g/mol. The van der Waals surface area contributed by atoms with E-state index in [1.807, 2.05) is 0 Å². The molecule has 0 aromatic heterocycles. The molecule has 3 aliphatic rings. The highest BCUT2D eigenvalue weighted by Crippen LogP contribution is 2.62. The second-order valence-electron chi connectivity index (χ2n) is 6.07. The van der Waals surface area contributed by atoms with Gasteiger partial charge in [-0.2, -0.15) is 0 Å². The summed E-state index contributed by atoms with van der Waals surface area (Å²) >= 11 is 0. The summed E-state index contributed by atoms with van der Waals surface area (Å²) in [6, 6.07) is 0. The molecule has 3 aliphatic carbocycles. The zero-order chi connectivity index (χ0) is 10.5. The Morgan fingerprint density at radius 1 is 1.27 bits per heavy atom. The lowest BCUT2D eigenvalue weighted by atomic mass is 9.55. The fourth-order valence-electron chi connectivity index (χ4n) is 4.61. The van der Waals surface area contributed by atoms with Crippen molar-refractivity contribution in [1.29, 1.82) is 0 Å². The van der Waals surface area contributed by atoms with Crippen LogP contribution < -0.4 is 0 Å². The summed E-state index contributed by atoms with van der Waals surface area (Å²) in [6.45, 7) is 0. The first-order valence-corrected chi connectivity index (χ1v) is 6.41. The third kappa shape index (κ3) is 1.41. The van der Waals surface area contributed by atoms with Crippen LogP contribution in [0.1, 0.15) is 51.4 Å². The minimum absolute atomic E-state index is 0.228. The molecule has 3 fully saturated rings. The highest BCUT2D eigenvalue weighted by Gasteiger charge is 2.53. The van der Waals surface area contributed by atoms with Crippen LogP contribution in [0.4, 0.5) is 0 Å². The van der Waals surface area contributed by atoms with Crippen LogP contribution in [-0.4, -0.2) is 11.1 Å². The fourth-order valence-corrected chi connectivity index (χ4v) is 4.61. The van der Waals surface area contributed by atoms with Gasteiger partial charge < -0.3 is 5.11 Å². The van der Waals surface area contributed by atoms with E-state index in [1.165, 1.54) is 44.9 Å². The molecule has 3 atom stereocenters. The first-order valence-electron chi connectivity index (χ1n) is 6.41. The normalized spacial score (nSPS) is 41.5. The van der Waals surface area contributed by atoms with E-state index < -0.39 is 5.97 Å². The Kier molecular flexibility index (Phi) is 2.08. The summed E-state index contributed by atoms with van der Waals surface area (Å²) in [7, 11) is 0. The molecule has 0 spiro atoms. The fraction of sp³-hybridized carbons (Fsp3) is 0.923. The van der Waals surface area contributed by atoms with E-state index in [1.54, 1.807) is 0 Å². The van der Waals surface area contributed by atoms with Gasteiger partial charge in [-0.05, 0) is 55.3 Å². The Bertz CT molecular complexity index is 280. The van der Waals surface area contributed by atoms with Gasteiger partial charge in [-0.1, -0.05) is 12.8 Å². The number of fused-ring (bicyclic) bond motifs is 2. The smallest absolute Gasteiger partial charge is 0.303 e. The third-order valence-electron chi connectivity index (χ3n) is 5.38. The van der Waals surface area contributed by atoms with Gasteiger partial charge in [0.05, 0.1) is 6.42 Å². The Morgan fingerprint density at radius 3 is 2.47 bits per heavy atom. The van der Waals surface area contributed by atoms with E-state index in [4.69, 9.17) is 5.11 Å². The minimum Gasteiger partial charge on any atom is -0.481 e. The highest BCUT2D eigenvalue weighted by atomic mass is 16.4. The van der Waals surface area contributed by atoms with Crippen LogP contribution in [0.3, 0.4) is 0 Å². The van der Waals surface area contributed by atoms with Crippen LogP contribution in [0.2, 0.25) is 0 Å². The van der Waals surface area contributed by atoms with Gasteiger partial charge in [0.15, 0.2) is 0 Å². The summed E-state index contributed by atoms with van der Waals surface area (Å²) in [5.74, 6) is 2.03. The maximum Gasteiger partial charge on any atom is 0.303 e. The molecule has 0 amide bonds. The lowest BCUT2D eigenvalue weighted by molar-refractivity contribution is -0.144. The number of carboxylic acid groups (broad SMARTS) is 1. The van der Waals surface area contributed by atoms with E-state index in [0.29, 0.717) is 6.42 Å². The molecule has 3 saturated carbocycles. The molecule has 1 N–H and O–H groups in total. The van der Waals surface area contributed by atoms with Crippen LogP contribution >= 0.6 is 0 Å². The molecule has 2 heteroatoms. The summed E-state index contributed by atoms with van der Waals surface area (Å²) in [4.78, 5) is 11.0. The standard InChI is InChI=1S/C13H20O2/c14-12(15)8-13(4-1-5-13)11-7-9-2-3-10(11)6-9/h9-11H,1-8H2,(H,14,15). The third-order valence-corrected chi connectivity index (χ3v) is 5.38. The SMILES string of the molecule is O=C(O)CC1(C2CC3CCC2C3)CCC1. The van der Waals surface area contributed by atoms with Gasteiger partial charge in [-0.25, -0.2) is 0 Å². The van der Waals surface area contributed by atoms with Gasteiger partial charge in [-0.3, -0.25) is 4.79 Å². The lowest BCUT2D eigenvalue weighted by Gasteiger charge is -2.49. The molecule has 2 bridgehead atoms.